The van der Waals surface area contributed by atoms with Crippen molar-refractivity contribution in [2.24, 2.45) is 34.6 Å². The molecule has 0 radical (unpaired) electrons. The highest BCUT2D eigenvalue weighted by atomic mass is 16.5. The number of hydrogen-bond donors (Lipinski definition) is 18. The molecule has 0 spiro atoms. The Morgan fingerprint density at radius 1 is 0.580 bits per heavy atom. The fourth-order valence-corrected chi connectivity index (χ4v) is 9.19. The number of nitrogens with two attached hydrogens (primary N) is 5. The van der Waals surface area contributed by atoms with Crippen molar-refractivity contribution in [2.45, 2.75) is 204 Å². The maximum atomic E-state index is 14.6. The highest BCUT2D eigenvalue weighted by Gasteiger charge is 2.38. The van der Waals surface area contributed by atoms with Crippen molar-refractivity contribution in [3.63, 3.8) is 0 Å². The van der Waals surface area contributed by atoms with E-state index in [1.54, 1.807) is 51.1 Å². The normalized spacial score (nSPS) is 22.4. The van der Waals surface area contributed by atoms with Gasteiger partial charge in [0, 0.05) is 19.4 Å². The average Bonchev–Trinajstić information content (AvgIpc) is 3.25. The maximum Gasteiger partial charge on any atom is 0.306 e. The fraction of sp³-hybridized carbons (Fsp3) is 0.684. The number of esters is 1. The molecule has 1 aliphatic rings. The van der Waals surface area contributed by atoms with Crippen LogP contribution in [-0.4, -0.2) is 199 Å². The maximum absolute atomic E-state index is 14.6. The summed E-state index contributed by atoms with van der Waals surface area (Å²) in [5.41, 5.74) is 29.9. The first-order valence-electron chi connectivity index (χ1n) is 30.1. The van der Waals surface area contributed by atoms with Gasteiger partial charge in [0.1, 0.15) is 60.4 Å². The van der Waals surface area contributed by atoms with Crippen LogP contribution in [0.3, 0.4) is 0 Å². The molecule has 11 amide bonds. The predicted molar refractivity (Wildman–Crippen MR) is 323 cm³/mol. The molecule has 31 heteroatoms. The molecule has 13 atom stereocenters. The van der Waals surface area contributed by atoms with Crippen LogP contribution in [0, 0.1) is 5.92 Å². The molecule has 0 aliphatic carbocycles. The topological polar surface area (TPSA) is 517 Å². The molecule has 88 heavy (non-hydrogen) atoms. The Hall–Kier alpha value is -7.42. The van der Waals surface area contributed by atoms with Gasteiger partial charge in [0.2, 0.25) is 65.0 Å². The number of nitrogens with one attached hydrogen (secondary N) is 11. The van der Waals surface area contributed by atoms with Gasteiger partial charge in [0.15, 0.2) is 0 Å². The molecule has 1 aromatic rings. The number of rotatable bonds is 30. The Balaban J connectivity index is 2.65. The van der Waals surface area contributed by atoms with E-state index in [1.807, 2.05) is 6.92 Å². The fourth-order valence-electron chi connectivity index (χ4n) is 9.19. The molecular weight excluding hydrogens is 1150 g/mol. The minimum atomic E-state index is -1.78. The molecule has 31 nitrogen and oxygen atoms in total. The number of ether oxygens (including phenoxy) is 1. The monoisotopic (exact) mass is 1250 g/mol. The van der Waals surface area contributed by atoms with Crippen molar-refractivity contribution >= 4 is 70.9 Å². The number of aliphatic hydroxyl groups is 2. The summed E-state index contributed by atoms with van der Waals surface area (Å²) in [6, 6.07) is -6.70. The standard InChI is InChI=1S/C57H98N16O15/c1-7-8-12-32(4)88-45(77)16-15-44(76)64-36(17-23-58)52(82)73-47(34(6)75)57(87)69-39(20-26-61)49(79)68-41-22-28-63-56(86)46(33(5)74)72-53(83)40(21-27-62)66-48(78)37(18-24-59)67-54(84)42(29-31(2)3)70-55(85)43(30-35-13-10-9-11-14-35)71-50(80)38(19-25-60)65-51(41)81/h9-11,13-14,31-34,36-43,46-47,74-75H,7-8,12,15-30,58-62H2,1-6H3,(H,63,86)(H,64,76)(H,65,81)(H,66,78)(H,67,84)(H,68,79)(H,69,87)(H,70,85)(H,71,80)(H,72,83)(H,73,82)/t32?,33-,34?,36-,37-,38-,39-,40-,41-,42-,43+,46-,47-/m0/s1. The van der Waals surface area contributed by atoms with Gasteiger partial charge in [-0.25, -0.2) is 0 Å². The Bertz CT molecular complexity index is 2440. The van der Waals surface area contributed by atoms with E-state index in [0.717, 1.165) is 19.8 Å². The van der Waals surface area contributed by atoms with Crippen LogP contribution in [0.2, 0.25) is 0 Å². The van der Waals surface area contributed by atoms with Gasteiger partial charge in [-0.1, -0.05) is 63.9 Å². The third kappa shape index (κ3) is 27.7. The van der Waals surface area contributed by atoms with E-state index in [2.05, 4.69) is 58.5 Å². The van der Waals surface area contributed by atoms with Crippen molar-refractivity contribution in [1.29, 1.82) is 0 Å². The van der Waals surface area contributed by atoms with Gasteiger partial charge in [-0.2, -0.15) is 0 Å². The van der Waals surface area contributed by atoms with E-state index in [4.69, 9.17) is 33.4 Å². The number of amides is 11. The number of hydrogen-bond acceptors (Lipinski definition) is 20. The smallest absolute Gasteiger partial charge is 0.306 e. The van der Waals surface area contributed by atoms with Crippen LogP contribution in [0.15, 0.2) is 30.3 Å². The van der Waals surface area contributed by atoms with Crippen LogP contribution in [0.1, 0.15) is 124 Å². The Kier molecular flexibility index (Phi) is 35.7. The van der Waals surface area contributed by atoms with E-state index < -0.39 is 157 Å². The van der Waals surface area contributed by atoms with Gasteiger partial charge >= 0.3 is 5.97 Å². The van der Waals surface area contributed by atoms with E-state index in [9.17, 15) is 67.7 Å². The summed E-state index contributed by atoms with van der Waals surface area (Å²) in [7, 11) is 0. The number of aliphatic hydroxyl groups excluding tert-OH is 2. The zero-order chi connectivity index (χ0) is 66.0. The number of carbonyl (C=O) groups excluding carboxylic acids is 12. The van der Waals surface area contributed by atoms with Gasteiger partial charge in [0.05, 0.1) is 24.7 Å². The van der Waals surface area contributed by atoms with Crippen LogP contribution in [0.4, 0.5) is 0 Å². The summed E-state index contributed by atoms with van der Waals surface area (Å²) < 4.78 is 5.34. The van der Waals surface area contributed by atoms with Crippen molar-refractivity contribution in [3.8, 4) is 0 Å². The molecule has 0 aromatic heterocycles. The zero-order valence-corrected chi connectivity index (χ0v) is 51.5. The van der Waals surface area contributed by atoms with E-state index in [0.29, 0.717) is 12.0 Å². The van der Waals surface area contributed by atoms with Gasteiger partial charge in [0.25, 0.3) is 0 Å². The summed E-state index contributed by atoms with van der Waals surface area (Å²) in [6.07, 6.45) is -3.46. The molecule has 0 saturated carbocycles. The first-order valence-corrected chi connectivity index (χ1v) is 30.1. The highest BCUT2D eigenvalue weighted by molar-refractivity contribution is 5.99. The van der Waals surface area contributed by atoms with Crippen molar-refractivity contribution in [1.82, 2.24) is 58.5 Å². The van der Waals surface area contributed by atoms with Crippen molar-refractivity contribution in [3.05, 3.63) is 35.9 Å². The molecule has 2 unspecified atom stereocenters. The minimum absolute atomic E-state index is 0.0339. The molecule has 1 aliphatic heterocycles. The highest BCUT2D eigenvalue weighted by Crippen LogP contribution is 2.12. The molecular formula is C57H98N16O15. The predicted octanol–water partition coefficient (Wildman–Crippen LogP) is -5.95. The lowest BCUT2D eigenvalue weighted by atomic mass is 10.00. The van der Waals surface area contributed by atoms with Crippen LogP contribution >= 0.6 is 0 Å². The average molecular weight is 1250 g/mol. The van der Waals surface area contributed by atoms with Gasteiger partial charge in [-0.05, 0) is 116 Å². The first kappa shape index (κ1) is 76.7. The first-order chi connectivity index (χ1) is 41.7. The van der Waals surface area contributed by atoms with Crippen LogP contribution in [0.25, 0.3) is 0 Å². The number of benzene rings is 1. The second kappa shape index (κ2) is 40.9. The van der Waals surface area contributed by atoms with Gasteiger partial charge in [-0.15, -0.1) is 0 Å². The SMILES string of the molecule is CCCCC(C)OC(=O)CCC(=O)N[C@@H](CCN)C(=O)N[C@H](C(=O)N[C@@H](CCN)C(=O)N[C@H]1CCNC(=O)[C@H]([C@H](C)O)NC(=O)[C@H](CCN)NC(=O)[C@H](CCN)NC(=O)[C@H](CC(C)C)NC(=O)[C@@H](Cc2ccccc2)NC(=O)[C@H](CCN)NC1=O)C(C)O. The van der Waals surface area contributed by atoms with E-state index in [1.165, 1.54) is 6.92 Å². The summed E-state index contributed by atoms with van der Waals surface area (Å²) in [5.74, 6) is -11.2. The van der Waals surface area contributed by atoms with Crippen molar-refractivity contribution in [2.75, 3.05) is 39.3 Å². The molecule has 1 saturated heterocycles. The zero-order valence-electron chi connectivity index (χ0n) is 51.5. The lowest BCUT2D eigenvalue weighted by Crippen LogP contribution is -2.62. The molecule has 496 valence electrons. The lowest BCUT2D eigenvalue weighted by Gasteiger charge is -2.29. The van der Waals surface area contributed by atoms with E-state index >= 15 is 0 Å². The second-order valence-corrected chi connectivity index (χ2v) is 22.2. The van der Waals surface area contributed by atoms with Crippen LogP contribution in [0.5, 0.6) is 0 Å². The lowest BCUT2D eigenvalue weighted by molar-refractivity contribution is -0.149. The van der Waals surface area contributed by atoms with Crippen LogP contribution in [-0.2, 0) is 68.7 Å². The molecule has 23 N–H and O–H groups in total. The summed E-state index contributed by atoms with van der Waals surface area (Å²) in [6.45, 7) is 8.27. The third-order valence-electron chi connectivity index (χ3n) is 14.1. The summed E-state index contributed by atoms with van der Waals surface area (Å²) in [4.78, 5) is 166. The quantitative estimate of drug-likeness (QED) is 0.0319. The van der Waals surface area contributed by atoms with Gasteiger partial charge in [-0.3, -0.25) is 57.5 Å². The summed E-state index contributed by atoms with van der Waals surface area (Å²) >= 11 is 0. The molecule has 0 bridgehead atoms. The Labute approximate surface area is 513 Å². The molecule has 1 fully saturated rings. The number of unbranched alkanes of at least 4 members (excludes halogenated alkanes) is 1. The second-order valence-electron chi connectivity index (χ2n) is 22.2. The van der Waals surface area contributed by atoms with Crippen LogP contribution < -0.4 is 87.2 Å². The molecule has 2 rings (SSSR count). The van der Waals surface area contributed by atoms with E-state index in [-0.39, 0.29) is 103 Å². The van der Waals surface area contributed by atoms with Crippen molar-refractivity contribution < 1.29 is 72.5 Å². The largest absolute Gasteiger partial charge is 0.463 e. The summed E-state index contributed by atoms with van der Waals surface area (Å²) in [5, 5.41) is 49.3. The minimum Gasteiger partial charge on any atom is -0.463 e. The van der Waals surface area contributed by atoms with Gasteiger partial charge < -0.3 is 102 Å². The molecule has 1 aromatic carbocycles. The molecule has 1 heterocycles. The Morgan fingerprint density at radius 2 is 1.08 bits per heavy atom. The Morgan fingerprint density at radius 3 is 1.59 bits per heavy atom. The third-order valence-corrected chi connectivity index (χ3v) is 14.1. The number of carbonyl (C=O) groups is 12.